The number of morpholine rings is 1. The second-order valence-corrected chi connectivity index (χ2v) is 6.58. The fraction of sp³-hybridized carbons (Fsp3) is 0.706. The average molecular weight is 349 g/mol. The molecule has 2 aliphatic rings. The van der Waals surface area contributed by atoms with E-state index < -0.39 is 5.97 Å². The van der Waals surface area contributed by atoms with Crippen molar-refractivity contribution in [3.05, 3.63) is 11.8 Å². The van der Waals surface area contributed by atoms with Gasteiger partial charge in [-0.05, 0) is 12.3 Å². The Hall–Kier alpha value is -1.93. The van der Waals surface area contributed by atoms with E-state index in [9.17, 15) is 4.79 Å². The van der Waals surface area contributed by atoms with Crippen molar-refractivity contribution in [2.75, 3.05) is 62.3 Å². The molecular weight excluding hydrogens is 322 g/mol. The molecule has 0 aliphatic carbocycles. The predicted octanol–water partition coefficient (Wildman–Crippen LogP) is 0.376. The van der Waals surface area contributed by atoms with Crippen LogP contribution in [0.1, 0.15) is 19.0 Å². The van der Waals surface area contributed by atoms with E-state index in [4.69, 9.17) is 14.8 Å². The van der Waals surface area contributed by atoms with Crippen LogP contribution < -0.4 is 15.1 Å². The summed E-state index contributed by atoms with van der Waals surface area (Å²) in [6.45, 7) is 8.16. The number of carboxylic acid groups (broad SMARTS) is 1. The third-order valence-corrected chi connectivity index (χ3v) is 4.67. The van der Waals surface area contributed by atoms with Gasteiger partial charge in [-0.2, -0.15) is 4.98 Å². The number of aliphatic carboxylic acids is 1. The predicted molar refractivity (Wildman–Crippen MR) is 95.3 cm³/mol. The van der Waals surface area contributed by atoms with E-state index in [1.165, 1.54) is 0 Å². The molecule has 3 heterocycles. The summed E-state index contributed by atoms with van der Waals surface area (Å²) in [6.07, 6.45) is 1.02. The fourth-order valence-corrected chi connectivity index (χ4v) is 3.30. The van der Waals surface area contributed by atoms with Gasteiger partial charge in [-0.25, -0.2) is 4.98 Å². The zero-order valence-electron chi connectivity index (χ0n) is 14.8. The van der Waals surface area contributed by atoms with Gasteiger partial charge in [0.05, 0.1) is 19.6 Å². The minimum absolute atomic E-state index is 0.0758. The molecule has 0 bridgehead atoms. The number of carboxylic acids is 1. The molecule has 138 valence electrons. The fourth-order valence-electron chi connectivity index (χ4n) is 3.30. The van der Waals surface area contributed by atoms with Crippen LogP contribution in [0.5, 0.6) is 0 Å². The third kappa shape index (κ3) is 4.79. The number of rotatable bonds is 5. The Balaban J connectivity index is 1.82. The molecule has 2 saturated heterocycles. The van der Waals surface area contributed by atoms with E-state index in [0.717, 1.165) is 56.6 Å². The van der Waals surface area contributed by atoms with Crippen LogP contribution in [0, 0.1) is 5.92 Å². The molecule has 0 radical (unpaired) electrons. The number of ether oxygens (including phenoxy) is 1. The van der Waals surface area contributed by atoms with Crippen LogP contribution in [0.2, 0.25) is 0 Å². The van der Waals surface area contributed by atoms with Gasteiger partial charge < -0.3 is 25.0 Å². The first-order chi connectivity index (χ1) is 12.2. The molecule has 2 N–H and O–H groups in total. The van der Waals surface area contributed by atoms with Crippen molar-refractivity contribution in [2.45, 2.75) is 19.8 Å². The highest BCUT2D eigenvalue weighted by Crippen LogP contribution is 2.21. The lowest BCUT2D eigenvalue weighted by molar-refractivity contribution is -0.137. The summed E-state index contributed by atoms with van der Waals surface area (Å²) < 4.78 is 5.42. The second kappa shape index (κ2) is 8.44. The van der Waals surface area contributed by atoms with Gasteiger partial charge in [-0.1, -0.05) is 6.92 Å². The molecule has 1 aromatic rings. The summed E-state index contributed by atoms with van der Waals surface area (Å²) in [5, 5.41) is 12.5. The van der Waals surface area contributed by atoms with Crippen LogP contribution in [0.15, 0.2) is 6.07 Å². The summed E-state index contributed by atoms with van der Waals surface area (Å²) in [4.78, 5) is 24.9. The molecular formula is C17H27N5O3. The minimum atomic E-state index is -0.750. The van der Waals surface area contributed by atoms with Crippen molar-refractivity contribution in [1.29, 1.82) is 0 Å². The number of hydrogen-bond donors (Lipinski definition) is 2. The third-order valence-electron chi connectivity index (χ3n) is 4.67. The molecule has 1 atom stereocenters. The average Bonchev–Trinajstić information content (AvgIpc) is 2.87. The van der Waals surface area contributed by atoms with Gasteiger partial charge in [0.25, 0.3) is 0 Å². The quantitative estimate of drug-likeness (QED) is 0.788. The Bertz CT molecular complexity index is 592. The zero-order chi connectivity index (χ0) is 17.6. The first-order valence-electron chi connectivity index (χ1n) is 9.04. The van der Waals surface area contributed by atoms with Gasteiger partial charge in [0.1, 0.15) is 5.82 Å². The SMILES string of the molecule is CCc1cc(N2CCNC[C@H](CC(=O)O)C2)nc(N2CCOCC2)n1. The monoisotopic (exact) mass is 349 g/mol. The maximum Gasteiger partial charge on any atom is 0.303 e. The second-order valence-electron chi connectivity index (χ2n) is 6.58. The highest BCUT2D eigenvalue weighted by atomic mass is 16.5. The van der Waals surface area contributed by atoms with Crippen LogP contribution in [0.4, 0.5) is 11.8 Å². The molecule has 25 heavy (non-hydrogen) atoms. The van der Waals surface area contributed by atoms with E-state index in [1.54, 1.807) is 0 Å². The van der Waals surface area contributed by atoms with Crippen molar-refractivity contribution >= 4 is 17.7 Å². The van der Waals surface area contributed by atoms with E-state index in [-0.39, 0.29) is 12.3 Å². The zero-order valence-corrected chi connectivity index (χ0v) is 14.8. The molecule has 0 saturated carbocycles. The van der Waals surface area contributed by atoms with E-state index in [1.807, 2.05) is 6.07 Å². The number of carbonyl (C=O) groups is 1. The molecule has 0 spiro atoms. The van der Waals surface area contributed by atoms with Gasteiger partial charge >= 0.3 is 5.97 Å². The number of nitrogens with one attached hydrogen (secondary N) is 1. The highest BCUT2D eigenvalue weighted by molar-refractivity contribution is 5.67. The van der Waals surface area contributed by atoms with E-state index in [2.05, 4.69) is 27.0 Å². The Labute approximate surface area is 148 Å². The number of hydrogen-bond acceptors (Lipinski definition) is 7. The maximum atomic E-state index is 11.1. The molecule has 8 nitrogen and oxygen atoms in total. The standard InChI is InChI=1S/C17H27N5O3/c1-2-14-10-15(20-17(19-14)21-5-7-25-8-6-21)22-4-3-18-11-13(12-22)9-16(23)24/h10,13,18H,2-9,11-12H2,1H3,(H,23,24)/t13-/m0/s1. The minimum Gasteiger partial charge on any atom is -0.481 e. The van der Waals surface area contributed by atoms with Gasteiger partial charge in [0.15, 0.2) is 0 Å². The van der Waals surface area contributed by atoms with Crippen molar-refractivity contribution < 1.29 is 14.6 Å². The summed E-state index contributed by atoms with van der Waals surface area (Å²) in [7, 11) is 0. The van der Waals surface area contributed by atoms with Gasteiger partial charge in [-0.3, -0.25) is 4.79 Å². The van der Waals surface area contributed by atoms with Crippen LogP contribution in [-0.4, -0.2) is 73.5 Å². The lowest BCUT2D eigenvalue weighted by atomic mass is 10.1. The van der Waals surface area contributed by atoms with E-state index >= 15 is 0 Å². The Morgan fingerprint density at radius 3 is 2.84 bits per heavy atom. The molecule has 0 aromatic carbocycles. The molecule has 3 rings (SSSR count). The lowest BCUT2D eigenvalue weighted by Crippen LogP contribution is -2.38. The van der Waals surface area contributed by atoms with Crippen molar-refractivity contribution in [3.63, 3.8) is 0 Å². The molecule has 8 heteroatoms. The summed E-state index contributed by atoms with van der Waals surface area (Å²) >= 11 is 0. The summed E-state index contributed by atoms with van der Waals surface area (Å²) in [5.74, 6) is 0.976. The largest absolute Gasteiger partial charge is 0.481 e. The van der Waals surface area contributed by atoms with Gasteiger partial charge in [-0.15, -0.1) is 0 Å². The van der Waals surface area contributed by atoms with E-state index in [0.29, 0.717) is 19.8 Å². The highest BCUT2D eigenvalue weighted by Gasteiger charge is 2.23. The molecule has 0 unspecified atom stereocenters. The lowest BCUT2D eigenvalue weighted by Gasteiger charge is -2.29. The maximum absolute atomic E-state index is 11.1. The number of nitrogens with zero attached hydrogens (tertiary/aromatic N) is 4. The molecule has 2 aliphatic heterocycles. The molecule has 0 amide bonds. The van der Waals surface area contributed by atoms with Crippen LogP contribution >= 0.6 is 0 Å². The number of aryl methyl sites for hydroxylation is 1. The summed E-state index contributed by atoms with van der Waals surface area (Å²) in [6, 6.07) is 2.03. The number of anilines is 2. The Morgan fingerprint density at radius 2 is 2.12 bits per heavy atom. The topological polar surface area (TPSA) is 90.8 Å². The Kier molecular flexibility index (Phi) is 6.04. The van der Waals surface area contributed by atoms with Crippen molar-refractivity contribution in [2.24, 2.45) is 5.92 Å². The first-order valence-corrected chi connectivity index (χ1v) is 9.04. The Morgan fingerprint density at radius 1 is 1.32 bits per heavy atom. The van der Waals surface area contributed by atoms with Gasteiger partial charge in [0, 0.05) is 51.0 Å². The molecule has 2 fully saturated rings. The van der Waals surface area contributed by atoms with Crippen molar-refractivity contribution in [3.8, 4) is 0 Å². The van der Waals surface area contributed by atoms with Crippen LogP contribution in [-0.2, 0) is 16.0 Å². The van der Waals surface area contributed by atoms with Crippen LogP contribution in [0.3, 0.4) is 0 Å². The first kappa shape index (κ1) is 17.9. The van der Waals surface area contributed by atoms with Crippen LogP contribution in [0.25, 0.3) is 0 Å². The smallest absolute Gasteiger partial charge is 0.303 e. The van der Waals surface area contributed by atoms with Gasteiger partial charge in [0.2, 0.25) is 5.95 Å². The molecule has 1 aromatic heterocycles. The van der Waals surface area contributed by atoms with Crippen molar-refractivity contribution in [1.82, 2.24) is 15.3 Å². The number of aromatic nitrogens is 2. The summed E-state index contributed by atoms with van der Waals surface area (Å²) in [5.41, 5.74) is 1.01. The normalized spacial score (nSPS) is 21.9.